The summed E-state index contributed by atoms with van der Waals surface area (Å²) in [6.07, 6.45) is 3.89. The third-order valence-electron chi connectivity index (χ3n) is 5.05. The van der Waals surface area contributed by atoms with Crippen LogP contribution in [0.4, 0.5) is 15.2 Å². The fraction of sp³-hybridized carbons (Fsp3) is 0.471. The van der Waals surface area contributed by atoms with E-state index in [0.29, 0.717) is 25.4 Å². The van der Waals surface area contributed by atoms with Gasteiger partial charge in [0.2, 0.25) is 0 Å². The number of benzene rings is 1. The highest BCUT2D eigenvalue weighted by Crippen LogP contribution is 2.43. The number of nitrogens with one attached hydrogen (secondary N) is 2. The lowest BCUT2D eigenvalue weighted by Crippen LogP contribution is -2.42. The fourth-order valence-electron chi connectivity index (χ4n) is 3.59. The van der Waals surface area contributed by atoms with Gasteiger partial charge >= 0.3 is 0 Å². The van der Waals surface area contributed by atoms with E-state index in [1.807, 2.05) is 0 Å². The molecule has 152 valence electrons. The lowest BCUT2D eigenvalue weighted by molar-refractivity contribution is -0.181. The number of anilines is 2. The second-order valence-electron chi connectivity index (χ2n) is 6.85. The number of aromatic nitrogens is 1. The number of fused-ring (bicyclic) bond motifs is 1. The van der Waals surface area contributed by atoms with Crippen molar-refractivity contribution in [3.05, 3.63) is 34.5 Å². The van der Waals surface area contributed by atoms with Crippen molar-refractivity contribution >= 4 is 43.8 Å². The van der Waals surface area contributed by atoms with Gasteiger partial charge in [-0.3, -0.25) is 4.72 Å². The summed E-state index contributed by atoms with van der Waals surface area (Å²) in [4.78, 5) is 3.32. The van der Waals surface area contributed by atoms with Crippen molar-refractivity contribution in [2.75, 3.05) is 29.8 Å². The maximum absolute atomic E-state index is 14.6. The first-order valence-corrected chi connectivity index (χ1v) is 11.5. The Morgan fingerprint density at radius 3 is 2.93 bits per heavy atom. The van der Waals surface area contributed by atoms with Crippen molar-refractivity contribution in [1.82, 2.24) is 4.98 Å². The van der Waals surface area contributed by atoms with Gasteiger partial charge in [0.25, 0.3) is 10.0 Å². The molecule has 2 aliphatic heterocycles. The van der Waals surface area contributed by atoms with Crippen molar-refractivity contribution in [2.24, 2.45) is 5.41 Å². The summed E-state index contributed by atoms with van der Waals surface area (Å²) < 4.78 is 53.1. The molecule has 1 aromatic carbocycles. The Morgan fingerprint density at radius 2 is 2.14 bits per heavy atom. The third-order valence-corrected chi connectivity index (χ3v) is 7.54. The van der Waals surface area contributed by atoms with Gasteiger partial charge in [-0.15, -0.1) is 11.3 Å². The van der Waals surface area contributed by atoms with E-state index in [0.717, 1.165) is 42.7 Å². The van der Waals surface area contributed by atoms with Crippen LogP contribution in [-0.4, -0.2) is 39.5 Å². The molecule has 2 atom stereocenters. The molecule has 0 radical (unpaired) electrons. The monoisotopic (exact) mass is 447 g/mol. The van der Waals surface area contributed by atoms with Gasteiger partial charge in [0.15, 0.2) is 11.4 Å². The molecular formula is C17H19ClFN3O4S2. The average molecular weight is 448 g/mol. The zero-order valence-electron chi connectivity index (χ0n) is 14.8. The van der Waals surface area contributed by atoms with Crippen molar-refractivity contribution in [2.45, 2.75) is 30.4 Å². The van der Waals surface area contributed by atoms with E-state index < -0.39 is 20.7 Å². The van der Waals surface area contributed by atoms with Crippen molar-refractivity contribution < 1.29 is 22.3 Å². The van der Waals surface area contributed by atoms with Crippen LogP contribution in [0.2, 0.25) is 5.02 Å². The average Bonchev–Trinajstić information content (AvgIpc) is 3.31. The minimum atomic E-state index is -4.13. The molecule has 1 aromatic heterocycles. The van der Waals surface area contributed by atoms with Gasteiger partial charge in [0.1, 0.15) is 10.7 Å². The molecule has 4 rings (SSSR count). The van der Waals surface area contributed by atoms with E-state index in [9.17, 15) is 12.8 Å². The largest absolute Gasteiger partial charge is 0.383 e. The van der Waals surface area contributed by atoms with E-state index >= 15 is 0 Å². The van der Waals surface area contributed by atoms with Crippen molar-refractivity contribution in [3.63, 3.8) is 0 Å². The standard InChI is InChI=1S/C17H19ClFN3O4S2/c18-11-8-14(28(23,24)22-16-20-4-7-27-16)12(19)9-13(11)21-10-17-2-1-5-25-15(17)26-6-3-17/h4,7-9,15,21H,1-3,5-6,10H2,(H,20,22). The first-order chi connectivity index (χ1) is 13.4. The van der Waals surface area contributed by atoms with E-state index in [4.69, 9.17) is 21.1 Å². The molecule has 7 nitrogen and oxygen atoms in total. The van der Waals surface area contributed by atoms with Gasteiger partial charge in [-0.2, -0.15) is 0 Å². The highest BCUT2D eigenvalue weighted by Gasteiger charge is 2.46. The zero-order chi connectivity index (χ0) is 19.8. The summed E-state index contributed by atoms with van der Waals surface area (Å²) in [6, 6.07) is 2.21. The van der Waals surface area contributed by atoms with Crippen LogP contribution >= 0.6 is 22.9 Å². The minimum Gasteiger partial charge on any atom is -0.383 e. The molecule has 28 heavy (non-hydrogen) atoms. The first kappa shape index (κ1) is 19.8. The number of halogens is 2. The van der Waals surface area contributed by atoms with E-state index in [1.165, 1.54) is 6.20 Å². The summed E-state index contributed by atoms with van der Waals surface area (Å²) in [7, 11) is -4.13. The number of hydrogen-bond donors (Lipinski definition) is 2. The maximum atomic E-state index is 14.6. The molecule has 0 aliphatic carbocycles. The van der Waals surface area contributed by atoms with Crippen LogP contribution in [0.3, 0.4) is 0 Å². The summed E-state index contributed by atoms with van der Waals surface area (Å²) in [5, 5.41) is 5.04. The van der Waals surface area contributed by atoms with Gasteiger partial charge < -0.3 is 14.8 Å². The van der Waals surface area contributed by atoms with Crippen LogP contribution in [0, 0.1) is 11.2 Å². The fourth-order valence-corrected chi connectivity index (χ4v) is 5.76. The summed E-state index contributed by atoms with van der Waals surface area (Å²) in [5.41, 5.74) is 0.146. The normalized spacial score (nSPS) is 24.7. The van der Waals surface area contributed by atoms with Gasteiger partial charge in [-0.1, -0.05) is 11.6 Å². The molecule has 0 amide bonds. The molecule has 11 heteroatoms. The van der Waals surface area contributed by atoms with Crippen LogP contribution in [-0.2, 0) is 19.5 Å². The van der Waals surface area contributed by atoms with Crippen molar-refractivity contribution in [3.8, 4) is 0 Å². The second-order valence-corrected chi connectivity index (χ2v) is 9.80. The summed E-state index contributed by atoms with van der Waals surface area (Å²) in [5.74, 6) is -0.896. The Bertz CT molecular complexity index is 958. The van der Waals surface area contributed by atoms with E-state index in [1.54, 1.807) is 5.38 Å². The summed E-state index contributed by atoms with van der Waals surface area (Å²) >= 11 is 7.35. The molecule has 0 saturated carbocycles. The lowest BCUT2D eigenvalue weighted by Gasteiger charge is -2.38. The maximum Gasteiger partial charge on any atom is 0.266 e. The third kappa shape index (κ3) is 3.84. The molecule has 2 fully saturated rings. The number of hydrogen-bond acceptors (Lipinski definition) is 7. The highest BCUT2D eigenvalue weighted by molar-refractivity contribution is 7.93. The Balaban J connectivity index is 1.53. The lowest BCUT2D eigenvalue weighted by atomic mass is 9.79. The highest BCUT2D eigenvalue weighted by atomic mass is 35.5. The number of thiazole rings is 1. The Labute approximate surface area is 171 Å². The minimum absolute atomic E-state index is 0.115. The quantitative estimate of drug-likeness (QED) is 0.702. The van der Waals surface area contributed by atoms with Gasteiger partial charge in [-0.25, -0.2) is 17.8 Å². The van der Waals surface area contributed by atoms with Crippen LogP contribution in [0.5, 0.6) is 0 Å². The SMILES string of the molecule is O=S(=O)(Nc1nccs1)c1cc(Cl)c(NCC23CCCOC2OCC3)cc1F. The predicted octanol–water partition coefficient (Wildman–Crippen LogP) is 3.69. The molecule has 2 unspecified atom stereocenters. The molecular weight excluding hydrogens is 429 g/mol. The van der Waals surface area contributed by atoms with Crippen LogP contribution in [0.1, 0.15) is 19.3 Å². The number of sulfonamides is 1. The molecule has 2 aliphatic rings. The number of rotatable bonds is 6. The Hall–Kier alpha value is -1.46. The van der Waals surface area contributed by atoms with Gasteiger partial charge in [0.05, 0.1) is 17.3 Å². The molecule has 0 spiro atoms. The topological polar surface area (TPSA) is 89.6 Å². The second kappa shape index (κ2) is 7.75. The van der Waals surface area contributed by atoms with Crippen LogP contribution in [0.15, 0.2) is 28.6 Å². The van der Waals surface area contributed by atoms with Crippen molar-refractivity contribution in [1.29, 1.82) is 0 Å². The Morgan fingerprint density at radius 1 is 1.32 bits per heavy atom. The smallest absolute Gasteiger partial charge is 0.266 e. The molecule has 2 aromatic rings. The van der Waals surface area contributed by atoms with E-state index in [2.05, 4.69) is 15.0 Å². The van der Waals surface area contributed by atoms with Gasteiger partial charge in [0, 0.05) is 30.1 Å². The summed E-state index contributed by atoms with van der Waals surface area (Å²) in [6.45, 7) is 1.79. The van der Waals surface area contributed by atoms with Crippen LogP contribution < -0.4 is 10.0 Å². The first-order valence-electron chi connectivity index (χ1n) is 8.78. The van der Waals surface area contributed by atoms with Gasteiger partial charge in [-0.05, 0) is 31.4 Å². The zero-order valence-corrected chi connectivity index (χ0v) is 17.2. The predicted molar refractivity (Wildman–Crippen MR) is 105 cm³/mol. The number of ether oxygens (including phenoxy) is 2. The number of nitrogens with zero attached hydrogens (tertiary/aromatic N) is 1. The molecule has 2 saturated heterocycles. The van der Waals surface area contributed by atoms with Crippen LogP contribution in [0.25, 0.3) is 0 Å². The molecule has 2 N–H and O–H groups in total. The van der Waals surface area contributed by atoms with E-state index in [-0.39, 0.29) is 21.9 Å². The Kier molecular flexibility index (Phi) is 5.49. The molecule has 0 bridgehead atoms. The molecule has 3 heterocycles.